The number of halogens is 1. The third-order valence-electron chi connectivity index (χ3n) is 4.95. The van der Waals surface area contributed by atoms with Crippen molar-refractivity contribution in [2.24, 2.45) is 5.92 Å². The van der Waals surface area contributed by atoms with Gasteiger partial charge in [0, 0.05) is 31.2 Å². The van der Waals surface area contributed by atoms with Gasteiger partial charge in [0.1, 0.15) is 0 Å². The van der Waals surface area contributed by atoms with Crippen LogP contribution < -0.4 is 4.72 Å². The number of benzene rings is 1. The van der Waals surface area contributed by atoms with Gasteiger partial charge in [-0.05, 0) is 43.4 Å². The van der Waals surface area contributed by atoms with Gasteiger partial charge >= 0.3 is 0 Å². The monoisotopic (exact) mass is 372 g/mol. The summed E-state index contributed by atoms with van der Waals surface area (Å²) in [5, 5.41) is 0.763. The first-order valence-corrected chi connectivity index (χ1v) is 10.5. The highest BCUT2D eigenvalue weighted by atomic mass is 35.5. The highest BCUT2D eigenvalue weighted by Crippen LogP contribution is 2.36. The zero-order valence-corrected chi connectivity index (χ0v) is 15.6. The molecule has 1 atom stereocenters. The molecule has 0 aliphatic carbocycles. The van der Waals surface area contributed by atoms with Crippen LogP contribution in [-0.4, -0.2) is 50.9 Å². The summed E-state index contributed by atoms with van der Waals surface area (Å²) in [5.74, 6) is 0.409. The Balaban J connectivity index is 1.41. The molecule has 134 valence electrons. The smallest absolute Gasteiger partial charge is 0.211 e. The Morgan fingerprint density at radius 3 is 2.62 bits per heavy atom. The van der Waals surface area contributed by atoms with Gasteiger partial charge in [-0.2, -0.15) is 0 Å². The van der Waals surface area contributed by atoms with E-state index in [0.717, 1.165) is 37.5 Å². The lowest BCUT2D eigenvalue weighted by atomic mass is 9.83. The number of ether oxygens (including phenoxy) is 1. The zero-order chi connectivity index (χ0) is 17.2. The largest absolute Gasteiger partial charge is 0.372 e. The van der Waals surface area contributed by atoms with Gasteiger partial charge in [0.25, 0.3) is 0 Å². The summed E-state index contributed by atoms with van der Waals surface area (Å²) in [6.07, 6.45) is 2.02. The molecule has 7 heteroatoms. The van der Waals surface area contributed by atoms with Crippen molar-refractivity contribution in [2.75, 3.05) is 32.0 Å². The van der Waals surface area contributed by atoms with Crippen molar-refractivity contribution >= 4 is 21.6 Å². The van der Waals surface area contributed by atoms with Crippen LogP contribution in [0.5, 0.6) is 0 Å². The molecule has 0 aromatic heterocycles. The lowest BCUT2D eigenvalue weighted by molar-refractivity contribution is -0.181. The van der Waals surface area contributed by atoms with Gasteiger partial charge in [0.2, 0.25) is 10.0 Å². The fourth-order valence-corrected chi connectivity index (χ4v) is 4.22. The molecule has 0 amide bonds. The van der Waals surface area contributed by atoms with Gasteiger partial charge in [0.15, 0.2) is 0 Å². The molecule has 1 N–H and O–H groups in total. The van der Waals surface area contributed by atoms with Crippen molar-refractivity contribution in [3.8, 4) is 0 Å². The topological polar surface area (TPSA) is 58.6 Å². The molecule has 24 heavy (non-hydrogen) atoms. The highest BCUT2D eigenvalue weighted by molar-refractivity contribution is 7.89. The van der Waals surface area contributed by atoms with Gasteiger partial charge in [-0.15, -0.1) is 0 Å². The summed E-state index contributed by atoms with van der Waals surface area (Å²) in [6.45, 7) is 5.59. The summed E-state index contributed by atoms with van der Waals surface area (Å²) in [4.78, 5) is 2.38. The first-order valence-electron chi connectivity index (χ1n) is 8.48. The van der Waals surface area contributed by atoms with E-state index in [0.29, 0.717) is 13.2 Å². The van der Waals surface area contributed by atoms with Gasteiger partial charge in [-0.3, -0.25) is 4.90 Å². The third-order valence-corrected chi connectivity index (χ3v) is 6.57. The van der Waals surface area contributed by atoms with E-state index in [1.54, 1.807) is 6.92 Å². The van der Waals surface area contributed by atoms with E-state index in [2.05, 4.69) is 21.8 Å². The van der Waals surface area contributed by atoms with Gasteiger partial charge in [0.05, 0.1) is 18.0 Å². The predicted octanol–water partition coefficient (Wildman–Crippen LogP) is 2.26. The molecule has 1 spiro atoms. The summed E-state index contributed by atoms with van der Waals surface area (Å²) < 4.78 is 31.8. The maximum absolute atomic E-state index is 11.5. The van der Waals surface area contributed by atoms with Crippen LogP contribution in [0.25, 0.3) is 0 Å². The summed E-state index contributed by atoms with van der Waals surface area (Å²) >= 11 is 5.91. The summed E-state index contributed by atoms with van der Waals surface area (Å²) in [6, 6.07) is 7.97. The fraction of sp³-hybridized carbons (Fsp3) is 0.647. The second-order valence-electron chi connectivity index (χ2n) is 6.92. The molecule has 2 aliphatic rings. The average molecular weight is 373 g/mol. The summed E-state index contributed by atoms with van der Waals surface area (Å²) in [7, 11) is -3.11. The first kappa shape index (κ1) is 18.1. The van der Waals surface area contributed by atoms with Crippen molar-refractivity contribution < 1.29 is 13.2 Å². The average Bonchev–Trinajstić information content (AvgIpc) is 2.55. The third kappa shape index (κ3) is 4.49. The molecule has 1 aromatic rings. The lowest BCUT2D eigenvalue weighted by Crippen LogP contribution is -2.64. The van der Waals surface area contributed by atoms with Crippen LogP contribution in [0.3, 0.4) is 0 Å². The Morgan fingerprint density at radius 2 is 2.04 bits per heavy atom. The molecule has 0 bridgehead atoms. The first-order chi connectivity index (χ1) is 11.4. The maximum Gasteiger partial charge on any atom is 0.211 e. The number of rotatable bonds is 6. The van der Waals surface area contributed by atoms with Gasteiger partial charge in [-0.1, -0.05) is 23.7 Å². The van der Waals surface area contributed by atoms with Crippen LogP contribution in [0.15, 0.2) is 24.3 Å². The second-order valence-corrected chi connectivity index (χ2v) is 9.45. The number of hydrogen-bond acceptors (Lipinski definition) is 4. The Bertz CT molecular complexity index is 647. The van der Waals surface area contributed by atoms with E-state index in [1.165, 1.54) is 5.56 Å². The minimum absolute atomic E-state index is 0.0213. The molecular weight excluding hydrogens is 348 g/mol. The van der Waals surface area contributed by atoms with Crippen LogP contribution in [0.4, 0.5) is 0 Å². The molecule has 2 saturated heterocycles. The van der Waals surface area contributed by atoms with Crippen molar-refractivity contribution in [2.45, 2.75) is 31.9 Å². The standard InChI is InChI=1S/C17H25ClN2O3S/c1-2-24(21,22)19-9-15-7-8-17(23-11-15)12-20(13-17)10-14-3-5-16(18)6-4-14/h3-6,15,19H,2,7-13H2,1H3. The maximum atomic E-state index is 11.5. The van der Waals surface area contributed by atoms with E-state index in [-0.39, 0.29) is 17.3 Å². The molecule has 2 fully saturated rings. The molecule has 1 aromatic carbocycles. The van der Waals surface area contributed by atoms with Crippen LogP contribution in [0.1, 0.15) is 25.3 Å². The molecule has 0 saturated carbocycles. The SMILES string of the molecule is CCS(=O)(=O)NCC1CCC2(CN(Cc3ccc(Cl)cc3)C2)OC1. The van der Waals surface area contributed by atoms with Gasteiger partial charge < -0.3 is 4.74 Å². The van der Waals surface area contributed by atoms with E-state index in [4.69, 9.17) is 16.3 Å². The number of nitrogens with one attached hydrogen (secondary N) is 1. The minimum Gasteiger partial charge on any atom is -0.372 e. The highest BCUT2D eigenvalue weighted by Gasteiger charge is 2.46. The van der Waals surface area contributed by atoms with Gasteiger partial charge in [-0.25, -0.2) is 13.1 Å². The Labute approximate surface area is 149 Å². The normalized spacial score (nSPS) is 24.0. The molecule has 0 radical (unpaired) electrons. The van der Waals surface area contributed by atoms with Crippen LogP contribution in [0.2, 0.25) is 5.02 Å². The Hall–Kier alpha value is -0.660. The fourth-order valence-electron chi connectivity index (χ4n) is 3.40. The zero-order valence-electron chi connectivity index (χ0n) is 14.0. The number of hydrogen-bond donors (Lipinski definition) is 1. The van der Waals surface area contributed by atoms with E-state index in [1.807, 2.05) is 12.1 Å². The molecule has 1 unspecified atom stereocenters. The van der Waals surface area contributed by atoms with Crippen molar-refractivity contribution in [1.82, 2.24) is 9.62 Å². The van der Waals surface area contributed by atoms with Crippen molar-refractivity contribution in [3.63, 3.8) is 0 Å². The van der Waals surface area contributed by atoms with E-state index < -0.39 is 10.0 Å². The van der Waals surface area contributed by atoms with Crippen molar-refractivity contribution in [1.29, 1.82) is 0 Å². The second kappa shape index (κ2) is 7.30. The molecule has 2 aliphatic heterocycles. The van der Waals surface area contributed by atoms with Crippen LogP contribution >= 0.6 is 11.6 Å². The Kier molecular flexibility index (Phi) is 5.52. The van der Waals surface area contributed by atoms with Crippen LogP contribution in [0, 0.1) is 5.92 Å². The van der Waals surface area contributed by atoms with E-state index >= 15 is 0 Å². The van der Waals surface area contributed by atoms with Crippen molar-refractivity contribution in [3.05, 3.63) is 34.9 Å². The summed E-state index contributed by atoms with van der Waals surface area (Å²) in [5.41, 5.74) is 1.24. The number of sulfonamides is 1. The van der Waals surface area contributed by atoms with Crippen LogP contribution in [-0.2, 0) is 21.3 Å². The molecule has 3 rings (SSSR count). The minimum atomic E-state index is -3.11. The lowest BCUT2D eigenvalue weighted by Gasteiger charge is -2.53. The Morgan fingerprint density at radius 1 is 1.33 bits per heavy atom. The molecular formula is C17H25ClN2O3S. The number of likely N-dealkylation sites (tertiary alicyclic amines) is 1. The quantitative estimate of drug-likeness (QED) is 0.832. The number of nitrogens with zero attached hydrogens (tertiary/aromatic N) is 1. The predicted molar refractivity (Wildman–Crippen MR) is 95.6 cm³/mol. The molecule has 5 nitrogen and oxygen atoms in total. The van der Waals surface area contributed by atoms with E-state index in [9.17, 15) is 8.42 Å². The molecule has 2 heterocycles.